The molecule has 0 bridgehead atoms. The van der Waals surface area contributed by atoms with Gasteiger partial charge >= 0.3 is 0 Å². The van der Waals surface area contributed by atoms with Crippen LogP contribution in [0.1, 0.15) is 25.5 Å². The Labute approximate surface area is 125 Å². The Morgan fingerprint density at radius 1 is 1.48 bits per heavy atom. The van der Waals surface area contributed by atoms with Gasteiger partial charge in [0.25, 0.3) is 0 Å². The van der Waals surface area contributed by atoms with Crippen LogP contribution in [-0.2, 0) is 16.4 Å². The van der Waals surface area contributed by atoms with E-state index >= 15 is 0 Å². The van der Waals surface area contributed by atoms with Crippen LogP contribution in [-0.4, -0.2) is 47.5 Å². The SMILES string of the molecule is CCC1CN(S(=O)(=O)CCc2ccccn2)CC/C1=N\O. The predicted molar refractivity (Wildman–Crippen MR) is 80.9 cm³/mol. The molecule has 0 aliphatic carbocycles. The fourth-order valence-electron chi connectivity index (χ4n) is 2.54. The van der Waals surface area contributed by atoms with E-state index < -0.39 is 10.0 Å². The summed E-state index contributed by atoms with van der Waals surface area (Å²) in [5.41, 5.74) is 1.48. The number of aromatic nitrogens is 1. The van der Waals surface area contributed by atoms with Crippen molar-refractivity contribution in [1.29, 1.82) is 0 Å². The normalized spacial score (nSPS) is 22.5. The predicted octanol–water partition coefficient (Wildman–Crippen LogP) is 1.52. The first kappa shape index (κ1) is 15.9. The van der Waals surface area contributed by atoms with Crippen molar-refractivity contribution in [2.45, 2.75) is 26.2 Å². The van der Waals surface area contributed by atoms with E-state index in [1.807, 2.05) is 25.1 Å². The zero-order valence-corrected chi connectivity index (χ0v) is 13.0. The van der Waals surface area contributed by atoms with E-state index in [0.29, 0.717) is 31.6 Å². The molecule has 1 aliphatic heterocycles. The Morgan fingerprint density at radius 3 is 2.90 bits per heavy atom. The van der Waals surface area contributed by atoms with Crippen LogP contribution in [0.4, 0.5) is 0 Å². The third-order valence-corrected chi connectivity index (χ3v) is 5.71. The van der Waals surface area contributed by atoms with E-state index in [-0.39, 0.29) is 11.7 Å². The van der Waals surface area contributed by atoms with E-state index in [2.05, 4.69) is 10.1 Å². The molecule has 1 saturated heterocycles. The van der Waals surface area contributed by atoms with Crippen molar-refractivity contribution >= 4 is 15.7 Å². The third kappa shape index (κ3) is 4.01. The Kier molecular flexibility index (Phi) is 5.30. The van der Waals surface area contributed by atoms with E-state index in [1.165, 1.54) is 4.31 Å². The number of piperidine rings is 1. The van der Waals surface area contributed by atoms with Crippen LogP contribution in [0.15, 0.2) is 29.6 Å². The lowest BCUT2D eigenvalue weighted by Gasteiger charge is -2.31. The first-order valence-corrected chi connectivity index (χ1v) is 8.76. The van der Waals surface area contributed by atoms with Gasteiger partial charge < -0.3 is 5.21 Å². The van der Waals surface area contributed by atoms with Crippen molar-refractivity contribution in [3.63, 3.8) is 0 Å². The molecule has 2 heterocycles. The van der Waals surface area contributed by atoms with Crippen LogP contribution in [0.25, 0.3) is 0 Å². The van der Waals surface area contributed by atoms with Gasteiger partial charge in [0.2, 0.25) is 10.0 Å². The first-order valence-electron chi connectivity index (χ1n) is 7.15. The minimum Gasteiger partial charge on any atom is -0.411 e. The smallest absolute Gasteiger partial charge is 0.214 e. The summed E-state index contributed by atoms with van der Waals surface area (Å²) in [6, 6.07) is 5.49. The van der Waals surface area contributed by atoms with Crippen molar-refractivity contribution in [3.05, 3.63) is 30.1 Å². The number of oxime groups is 1. The number of aryl methyl sites for hydroxylation is 1. The number of pyridine rings is 1. The molecule has 1 aromatic heterocycles. The van der Waals surface area contributed by atoms with Crippen LogP contribution in [0.2, 0.25) is 0 Å². The van der Waals surface area contributed by atoms with Crippen LogP contribution >= 0.6 is 0 Å². The summed E-state index contributed by atoms with van der Waals surface area (Å²) >= 11 is 0. The zero-order chi connectivity index (χ0) is 15.3. The highest BCUT2D eigenvalue weighted by atomic mass is 32.2. The minimum absolute atomic E-state index is 0.00775. The molecule has 6 nitrogen and oxygen atoms in total. The second-order valence-corrected chi connectivity index (χ2v) is 7.28. The van der Waals surface area contributed by atoms with Gasteiger partial charge in [0.15, 0.2) is 0 Å². The van der Waals surface area contributed by atoms with Crippen LogP contribution in [0, 0.1) is 5.92 Å². The van der Waals surface area contributed by atoms with Gasteiger partial charge in [-0.2, -0.15) is 0 Å². The number of hydrogen-bond donors (Lipinski definition) is 1. The summed E-state index contributed by atoms with van der Waals surface area (Å²) < 4.78 is 26.3. The van der Waals surface area contributed by atoms with Gasteiger partial charge in [-0.25, -0.2) is 12.7 Å². The molecule has 7 heteroatoms. The molecule has 1 fully saturated rings. The Morgan fingerprint density at radius 2 is 2.29 bits per heavy atom. The summed E-state index contributed by atoms with van der Waals surface area (Å²) in [6.45, 7) is 2.76. The summed E-state index contributed by atoms with van der Waals surface area (Å²) in [5, 5.41) is 12.2. The van der Waals surface area contributed by atoms with Crippen molar-refractivity contribution in [1.82, 2.24) is 9.29 Å². The molecular formula is C14H21N3O3S. The maximum absolute atomic E-state index is 12.4. The molecular weight excluding hydrogens is 290 g/mol. The maximum Gasteiger partial charge on any atom is 0.214 e. The zero-order valence-electron chi connectivity index (χ0n) is 12.1. The van der Waals surface area contributed by atoms with E-state index in [0.717, 1.165) is 12.1 Å². The molecule has 0 amide bonds. The molecule has 0 saturated carbocycles. The highest BCUT2D eigenvalue weighted by Crippen LogP contribution is 2.20. The summed E-state index contributed by atoms with van der Waals surface area (Å²) in [4.78, 5) is 4.15. The summed E-state index contributed by atoms with van der Waals surface area (Å²) in [6.07, 6.45) is 3.35. The lowest BCUT2D eigenvalue weighted by molar-refractivity contribution is 0.295. The number of rotatable bonds is 5. The number of sulfonamides is 1. The van der Waals surface area contributed by atoms with E-state index in [1.54, 1.807) is 6.20 Å². The second-order valence-electron chi connectivity index (χ2n) is 5.19. The van der Waals surface area contributed by atoms with Crippen molar-refractivity contribution in [2.75, 3.05) is 18.8 Å². The van der Waals surface area contributed by atoms with Gasteiger partial charge in [0.05, 0.1) is 11.5 Å². The van der Waals surface area contributed by atoms with Crippen LogP contribution in [0.5, 0.6) is 0 Å². The van der Waals surface area contributed by atoms with Crippen molar-refractivity contribution in [2.24, 2.45) is 11.1 Å². The molecule has 0 aromatic carbocycles. The largest absolute Gasteiger partial charge is 0.411 e. The maximum atomic E-state index is 12.4. The van der Waals surface area contributed by atoms with Gasteiger partial charge in [-0.3, -0.25) is 4.98 Å². The molecule has 1 atom stereocenters. The fraction of sp³-hybridized carbons (Fsp3) is 0.571. The minimum atomic E-state index is -3.30. The highest BCUT2D eigenvalue weighted by molar-refractivity contribution is 7.89. The van der Waals surface area contributed by atoms with Gasteiger partial charge in [0, 0.05) is 43.7 Å². The highest BCUT2D eigenvalue weighted by Gasteiger charge is 2.31. The van der Waals surface area contributed by atoms with Crippen LogP contribution < -0.4 is 0 Å². The molecule has 116 valence electrons. The van der Waals surface area contributed by atoms with E-state index in [9.17, 15) is 8.42 Å². The van der Waals surface area contributed by atoms with Gasteiger partial charge in [-0.1, -0.05) is 18.1 Å². The molecule has 1 aliphatic rings. The lowest BCUT2D eigenvalue weighted by Crippen LogP contribution is -2.45. The topological polar surface area (TPSA) is 82.9 Å². The first-order chi connectivity index (χ1) is 10.1. The fourth-order valence-corrected chi connectivity index (χ4v) is 4.05. The average molecular weight is 311 g/mol. The Hall–Kier alpha value is -1.47. The summed E-state index contributed by atoms with van der Waals surface area (Å²) in [5.74, 6) is 0.0693. The molecule has 1 aromatic rings. The van der Waals surface area contributed by atoms with E-state index in [4.69, 9.17) is 5.21 Å². The average Bonchev–Trinajstić information content (AvgIpc) is 2.53. The third-order valence-electron chi connectivity index (χ3n) is 3.87. The van der Waals surface area contributed by atoms with Crippen LogP contribution in [0.3, 0.4) is 0 Å². The molecule has 1 N–H and O–H groups in total. The Bertz CT molecular complexity index is 587. The van der Waals surface area contributed by atoms with Crippen molar-refractivity contribution < 1.29 is 13.6 Å². The molecule has 1 unspecified atom stereocenters. The molecule has 0 radical (unpaired) electrons. The standard InChI is InChI=1S/C14H21N3O3S/c1-2-12-11-17(9-6-14(12)16-18)21(19,20)10-7-13-5-3-4-8-15-13/h3-5,8,12,18H,2,6-7,9-11H2,1H3/b16-14+. The quantitative estimate of drug-likeness (QED) is 0.660. The molecule has 21 heavy (non-hydrogen) atoms. The Balaban J connectivity index is 2.00. The monoisotopic (exact) mass is 311 g/mol. The van der Waals surface area contributed by atoms with Gasteiger partial charge in [-0.15, -0.1) is 0 Å². The van der Waals surface area contributed by atoms with Crippen molar-refractivity contribution in [3.8, 4) is 0 Å². The van der Waals surface area contributed by atoms with Gasteiger partial charge in [-0.05, 0) is 18.6 Å². The number of nitrogens with zero attached hydrogens (tertiary/aromatic N) is 3. The molecule has 2 rings (SSSR count). The second kappa shape index (κ2) is 7.00. The van der Waals surface area contributed by atoms with Gasteiger partial charge in [0.1, 0.15) is 0 Å². The lowest BCUT2D eigenvalue weighted by atomic mass is 9.95. The molecule has 0 spiro atoms. The summed E-state index contributed by atoms with van der Waals surface area (Å²) in [7, 11) is -3.30. The number of hydrogen-bond acceptors (Lipinski definition) is 5.